The topological polar surface area (TPSA) is 57.5 Å². The van der Waals surface area contributed by atoms with E-state index in [9.17, 15) is 15.0 Å². The molecule has 0 spiro atoms. The fourth-order valence-electron chi connectivity index (χ4n) is 3.22. The molecule has 3 heteroatoms. The van der Waals surface area contributed by atoms with Gasteiger partial charge in [0.05, 0.1) is 11.5 Å². The van der Waals surface area contributed by atoms with Crippen molar-refractivity contribution in [2.75, 3.05) is 0 Å². The molecule has 1 aliphatic carbocycles. The molecule has 0 radical (unpaired) electrons. The molecule has 1 saturated carbocycles. The summed E-state index contributed by atoms with van der Waals surface area (Å²) >= 11 is 0. The minimum absolute atomic E-state index is 0.322. The number of aliphatic hydroxyl groups is 1. The second kappa shape index (κ2) is 5.74. The maximum absolute atomic E-state index is 11.6. The Labute approximate surface area is 114 Å². The van der Waals surface area contributed by atoms with Gasteiger partial charge in [-0.05, 0) is 37.2 Å². The molecule has 0 amide bonds. The Morgan fingerprint density at radius 1 is 1.42 bits per heavy atom. The molecule has 0 aromatic heterocycles. The van der Waals surface area contributed by atoms with Crippen molar-refractivity contribution in [1.82, 2.24) is 0 Å². The molecule has 19 heavy (non-hydrogen) atoms. The summed E-state index contributed by atoms with van der Waals surface area (Å²) in [6.45, 7) is 2.11. The number of carboxylic acids is 1. The molecule has 1 aliphatic rings. The molecule has 2 N–H and O–H groups in total. The van der Waals surface area contributed by atoms with Crippen LogP contribution in [0.2, 0.25) is 0 Å². The summed E-state index contributed by atoms with van der Waals surface area (Å²) in [5.41, 5.74) is 0.0683. The van der Waals surface area contributed by atoms with Crippen LogP contribution in [0.25, 0.3) is 0 Å². The number of hydrogen-bond donors (Lipinski definition) is 2. The molecule has 1 aromatic rings. The lowest BCUT2D eigenvalue weighted by Crippen LogP contribution is -2.30. The zero-order chi connectivity index (χ0) is 13.9. The Bertz CT molecular complexity index is 429. The molecular weight excluding hydrogens is 240 g/mol. The van der Waals surface area contributed by atoms with E-state index in [0.29, 0.717) is 25.2 Å². The Morgan fingerprint density at radius 3 is 2.63 bits per heavy atom. The van der Waals surface area contributed by atoms with Gasteiger partial charge in [-0.25, -0.2) is 0 Å². The van der Waals surface area contributed by atoms with E-state index in [0.717, 1.165) is 18.4 Å². The highest BCUT2D eigenvalue weighted by Crippen LogP contribution is 2.48. The lowest BCUT2D eigenvalue weighted by atomic mass is 9.78. The van der Waals surface area contributed by atoms with Crippen LogP contribution in [0.1, 0.15) is 50.7 Å². The number of aliphatic hydroxyl groups excluding tert-OH is 1. The van der Waals surface area contributed by atoms with Gasteiger partial charge in [0.25, 0.3) is 0 Å². The van der Waals surface area contributed by atoms with Crippen LogP contribution in [0.5, 0.6) is 0 Å². The maximum Gasteiger partial charge on any atom is 0.309 e. The van der Waals surface area contributed by atoms with Gasteiger partial charge in [-0.15, -0.1) is 0 Å². The van der Waals surface area contributed by atoms with E-state index in [1.54, 1.807) is 0 Å². The first kappa shape index (κ1) is 14.1. The molecule has 0 saturated heterocycles. The van der Waals surface area contributed by atoms with Crippen molar-refractivity contribution in [3.05, 3.63) is 35.9 Å². The van der Waals surface area contributed by atoms with E-state index in [1.807, 2.05) is 30.3 Å². The lowest BCUT2D eigenvalue weighted by molar-refractivity contribution is -0.151. The normalized spacial score (nSPS) is 28.2. The summed E-state index contributed by atoms with van der Waals surface area (Å²) in [6, 6.07) is 9.34. The molecule has 0 bridgehead atoms. The number of carboxylic acid groups (broad SMARTS) is 1. The number of carbonyl (C=O) groups is 1. The number of rotatable bonds is 5. The SMILES string of the molecule is CCC1CCC(CC(O)c2ccccc2)(C(=O)O)C1. The molecule has 1 aromatic carbocycles. The zero-order valence-electron chi connectivity index (χ0n) is 11.4. The van der Waals surface area contributed by atoms with Crippen LogP contribution in [-0.4, -0.2) is 16.2 Å². The lowest BCUT2D eigenvalue weighted by Gasteiger charge is -2.27. The van der Waals surface area contributed by atoms with E-state index in [-0.39, 0.29) is 0 Å². The fraction of sp³-hybridized carbons (Fsp3) is 0.562. The number of hydrogen-bond acceptors (Lipinski definition) is 2. The van der Waals surface area contributed by atoms with Crippen LogP contribution in [0.15, 0.2) is 30.3 Å². The maximum atomic E-state index is 11.6. The van der Waals surface area contributed by atoms with Crippen molar-refractivity contribution in [1.29, 1.82) is 0 Å². The van der Waals surface area contributed by atoms with Gasteiger partial charge >= 0.3 is 5.97 Å². The summed E-state index contributed by atoms with van der Waals surface area (Å²) < 4.78 is 0. The summed E-state index contributed by atoms with van der Waals surface area (Å²) in [5.74, 6) is -0.266. The molecule has 3 atom stereocenters. The minimum atomic E-state index is -0.751. The standard InChI is InChI=1S/C16H22O3/c1-2-12-8-9-16(10-12,15(18)19)11-14(17)13-6-4-3-5-7-13/h3-7,12,14,17H,2,8-11H2,1H3,(H,18,19). The van der Waals surface area contributed by atoms with Crippen molar-refractivity contribution in [3.63, 3.8) is 0 Å². The van der Waals surface area contributed by atoms with Crippen LogP contribution in [0.3, 0.4) is 0 Å². The molecule has 104 valence electrons. The summed E-state index contributed by atoms with van der Waals surface area (Å²) in [5, 5.41) is 19.9. The highest BCUT2D eigenvalue weighted by Gasteiger charge is 2.46. The van der Waals surface area contributed by atoms with Crippen LogP contribution in [-0.2, 0) is 4.79 Å². The van der Waals surface area contributed by atoms with Crippen molar-refractivity contribution in [2.45, 2.75) is 45.1 Å². The third-order valence-electron chi connectivity index (χ3n) is 4.51. The third-order valence-corrected chi connectivity index (χ3v) is 4.51. The second-order valence-electron chi connectivity index (χ2n) is 5.73. The van der Waals surface area contributed by atoms with E-state index >= 15 is 0 Å². The van der Waals surface area contributed by atoms with Crippen LogP contribution in [0.4, 0.5) is 0 Å². The Hall–Kier alpha value is -1.35. The highest BCUT2D eigenvalue weighted by atomic mass is 16.4. The van der Waals surface area contributed by atoms with E-state index in [1.165, 1.54) is 0 Å². The molecule has 3 nitrogen and oxygen atoms in total. The zero-order valence-corrected chi connectivity index (χ0v) is 11.4. The van der Waals surface area contributed by atoms with Crippen LogP contribution < -0.4 is 0 Å². The average molecular weight is 262 g/mol. The van der Waals surface area contributed by atoms with E-state index in [4.69, 9.17) is 0 Å². The largest absolute Gasteiger partial charge is 0.481 e. The van der Waals surface area contributed by atoms with Gasteiger partial charge < -0.3 is 10.2 Å². The molecule has 0 aliphatic heterocycles. The number of benzene rings is 1. The average Bonchev–Trinajstić information content (AvgIpc) is 2.84. The van der Waals surface area contributed by atoms with Crippen molar-refractivity contribution < 1.29 is 15.0 Å². The predicted molar refractivity (Wildman–Crippen MR) is 73.7 cm³/mol. The predicted octanol–water partition coefficient (Wildman–Crippen LogP) is 3.39. The van der Waals surface area contributed by atoms with Crippen molar-refractivity contribution >= 4 is 5.97 Å². The van der Waals surface area contributed by atoms with Gasteiger partial charge in [0.1, 0.15) is 0 Å². The van der Waals surface area contributed by atoms with Crippen molar-refractivity contribution in [3.8, 4) is 0 Å². The van der Waals surface area contributed by atoms with E-state index in [2.05, 4.69) is 6.92 Å². The Kier molecular flexibility index (Phi) is 4.25. The second-order valence-corrected chi connectivity index (χ2v) is 5.73. The van der Waals surface area contributed by atoms with Crippen LogP contribution in [0, 0.1) is 11.3 Å². The van der Waals surface area contributed by atoms with Gasteiger partial charge in [-0.3, -0.25) is 4.79 Å². The summed E-state index contributed by atoms with van der Waals surface area (Å²) in [7, 11) is 0. The molecular formula is C16H22O3. The molecule has 3 unspecified atom stereocenters. The molecule has 0 heterocycles. The minimum Gasteiger partial charge on any atom is -0.481 e. The fourth-order valence-corrected chi connectivity index (χ4v) is 3.22. The molecule has 2 rings (SSSR count). The van der Waals surface area contributed by atoms with Gasteiger partial charge in [0.15, 0.2) is 0 Å². The van der Waals surface area contributed by atoms with Gasteiger partial charge in [-0.2, -0.15) is 0 Å². The molecule has 1 fully saturated rings. The first-order valence-corrected chi connectivity index (χ1v) is 7.04. The quantitative estimate of drug-likeness (QED) is 0.855. The Balaban J connectivity index is 2.12. The van der Waals surface area contributed by atoms with E-state index < -0.39 is 17.5 Å². The summed E-state index contributed by atoms with van der Waals surface area (Å²) in [6.07, 6.45) is 3.00. The van der Waals surface area contributed by atoms with Gasteiger partial charge in [0, 0.05) is 0 Å². The summed E-state index contributed by atoms with van der Waals surface area (Å²) in [4.78, 5) is 11.6. The Morgan fingerprint density at radius 2 is 2.11 bits per heavy atom. The van der Waals surface area contributed by atoms with Gasteiger partial charge in [-0.1, -0.05) is 43.7 Å². The third kappa shape index (κ3) is 2.98. The first-order chi connectivity index (χ1) is 9.07. The number of aliphatic carboxylic acids is 1. The van der Waals surface area contributed by atoms with Crippen molar-refractivity contribution in [2.24, 2.45) is 11.3 Å². The first-order valence-electron chi connectivity index (χ1n) is 7.04. The smallest absolute Gasteiger partial charge is 0.309 e. The monoisotopic (exact) mass is 262 g/mol. The highest BCUT2D eigenvalue weighted by molar-refractivity contribution is 5.75. The van der Waals surface area contributed by atoms with Crippen LogP contribution >= 0.6 is 0 Å². The van der Waals surface area contributed by atoms with Gasteiger partial charge in [0.2, 0.25) is 0 Å².